The molecule has 3 nitrogen and oxygen atoms in total. The second-order valence-corrected chi connectivity index (χ2v) is 7.98. The molecule has 0 saturated carbocycles. The van der Waals surface area contributed by atoms with Crippen LogP contribution in [0.4, 0.5) is 0 Å². The third-order valence-corrected chi connectivity index (χ3v) is 4.53. The lowest BCUT2D eigenvalue weighted by Gasteiger charge is -2.21. The fraction of sp³-hybridized carbons (Fsp3) is 0.600. The standard InChI is InChI=1S/C15H24ClNO2S/c1-4-9-17-15(6-5-10-20(3,18)19)14-11-13(16)8-7-12(14)2/h7-8,11,15,17H,4-6,9-10H2,1-3H3. The van der Waals surface area contributed by atoms with E-state index in [1.165, 1.54) is 17.4 Å². The van der Waals surface area contributed by atoms with Crippen molar-refractivity contribution in [3.8, 4) is 0 Å². The van der Waals surface area contributed by atoms with E-state index in [9.17, 15) is 8.42 Å². The molecule has 1 aromatic carbocycles. The molecule has 0 spiro atoms. The molecule has 1 atom stereocenters. The van der Waals surface area contributed by atoms with Crippen LogP contribution in [0, 0.1) is 6.92 Å². The molecule has 0 aliphatic heterocycles. The molecule has 0 aromatic heterocycles. The Hall–Kier alpha value is -0.580. The highest BCUT2D eigenvalue weighted by molar-refractivity contribution is 7.90. The van der Waals surface area contributed by atoms with Gasteiger partial charge in [0.25, 0.3) is 0 Å². The molecule has 0 heterocycles. The van der Waals surface area contributed by atoms with Gasteiger partial charge in [0.15, 0.2) is 0 Å². The van der Waals surface area contributed by atoms with E-state index < -0.39 is 9.84 Å². The average Bonchev–Trinajstić information content (AvgIpc) is 2.35. The Morgan fingerprint density at radius 2 is 2.05 bits per heavy atom. The lowest BCUT2D eigenvalue weighted by Crippen LogP contribution is -2.23. The summed E-state index contributed by atoms with van der Waals surface area (Å²) in [7, 11) is -2.89. The first-order valence-corrected chi connectivity index (χ1v) is 9.44. The molecule has 1 N–H and O–H groups in total. The summed E-state index contributed by atoms with van der Waals surface area (Å²) in [6.45, 7) is 5.09. The van der Waals surface area contributed by atoms with Gasteiger partial charge < -0.3 is 5.32 Å². The molecular formula is C15H24ClNO2S. The van der Waals surface area contributed by atoms with Crippen LogP contribution in [0.25, 0.3) is 0 Å². The number of hydrogen-bond acceptors (Lipinski definition) is 3. The molecule has 0 amide bonds. The molecule has 0 aliphatic rings. The van der Waals surface area contributed by atoms with Gasteiger partial charge in [0, 0.05) is 23.1 Å². The number of hydrogen-bond donors (Lipinski definition) is 1. The highest BCUT2D eigenvalue weighted by Crippen LogP contribution is 2.25. The first-order chi connectivity index (χ1) is 9.33. The Morgan fingerprint density at radius 3 is 2.65 bits per heavy atom. The molecule has 1 aromatic rings. The Bertz CT molecular complexity index is 529. The Kier molecular flexibility index (Phi) is 7.00. The number of benzene rings is 1. The average molecular weight is 318 g/mol. The second-order valence-electron chi connectivity index (χ2n) is 5.28. The molecule has 20 heavy (non-hydrogen) atoms. The number of rotatable bonds is 8. The first kappa shape index (κ1) is 17.5. The summed E-state index contributed by atoms with van der Waals surface area (Å²) >= 11 is 6.08. The van der Waals surface area contributed by atoms with Crippen molar-refractivity contribution >= 4 is 21.4 Å². The summed E-state index contributed by atoms with van der Waals surface area (Å²) in [4.78, 5) is 0. The van der Waals surface area contributed by atoms with Crippen LogP contribution in [0.2, 0.25) is 5.02 Å². The minimum absolute atomic E-state index is 0.162. The van der Waals surface area contributed by atoms with Crippen LogP contribution >= 0.6 is 11.6 Å². The normalized spacial score (nSPS) is 13.4. The van der Waals surface area contributed by atoms with E-state index in [1.807, 2.05) is 18.2 Å². The SMILES string of the molecule is CCCNC(CCCS(C)(=O)=O)c1cc(Cl)ccc1C. The van der Waals surface area contributed by atoms with E-state index in [-0.39, 0.29) is 11.8 Å². The number of halogens is 1. The van der Waals surface area contributed by atoms with Crippen LogP contribution in [0.3, 0.4) is 0 Å². The van der Waals surface area contributed by atoms with Crippen LogP contribution in [0.5, 0.6) is 0 Å². The fourth-order valence-electron chi connectivity index (χ4n) is 2.22. The van der Waals surface area contributed by atoms with Crippen molar-refractivity contribution in [2.75, 3.05) is 18.6 Å². The molecule has 1 unspecified atom stereocenters. The Labute approximate surface area is 127 Å². The van der Waals surface area contributed by atoms with Crippen molar-refractivity contribution < 1.29 is 8.42 Å². The lowest BCUT2D eigenvalue weighted by atomic mass is 9.97. The van der Waals surface area contributed by atoms with E-state index in [4.69, 9.17) is 11.6 Å². The van der Waals surface area contributed by atoms with E-state index in [0.29, 0.717) is 6.42 Å². The van der Waals surface area contributed by atoms with Crippen molar-refractivity contribution in [1.29, 1.82) is 0 Å². The van der Waals surface area contributed by atoms with Gasteiger partial charge in [-0.3, -0.25) is 0 Å². The largest absolute Gasteiger partial charge is 0.310 e. The Balaban J connectivity index is 2.80. The van der Waals surface area contributed by atoms with Gasteiger partial charge in [-0.15, -0.1) is 0 Å². The monoisotopic (exact) mass is 317 g/mol. The highest BCUT2D eigenvalue weighted by atomic mass is 35.5. The summed E-state index contributed by atoms with van der Waals surface area (Å²) < 4.78 is 22.5. The number of sulfone groups is 1. The summed E-state index contributed by atoms with van der Waals surface area (Å²) in [6.07, 6.45) is 3.79. The van der Waals surface area contributed by atoms with Crippen LogP contribution in [0.15, 0.2) is 18.2 Å². The van der Waals surface area contributed by atoms with Gasteiger partial charge in [-0.05, 0) is 56.0 Å². The quantitative estimate of drug-likeness (QED) is 0.798. The summed E-state index contributed by atoms with van der Waals surface area (Å²) in [5.74, 6) is 0.233. The molecule has 0 bridgehead atoms. The molecule has 114 valence electrons. The smallest absolute Gasteiger partial charge is 0.147 e. The Morgan fingerprint density at radius 1 is 1.35 bits per heavy atom. The maximum Gasteiger partial charge on any atom is 0.147 e. The van der Waals surface area contributed by atoms with Gasteiger partial charge in [0.2, 0.25) is 0 Å². The molecule has 0 saturated heterocycles. The topological polar surface area (TPSA) is 46.2 Å². The van der Waals surface area contributed by atoms with Gasteiger partial charge in [-0.2, -0.15) is 0 Å². The second kappa shape index (κ2) is 8.01. The van der Waals surface area contributed by atoms with E-state index in [0.717, 1.165) is 24.4 Å². The number of aryl methyl sites for hydroxylation is 1. The molecule has 0 fully saturated rings. The summed E-state index contributed by atoms with van der Waals surface area (Å²) in [6, 6.07) is 6.03. The molecule has 5 heteroatoms. The highest BCUT2D eigenvalue weighted by Gasteiger charge is 2.14. The van der Waals surface area contributed by atoms with E-state index in [1.54, 1.807) is 0 Å². The first-order valence-electron chi connectivity index (χ1n) is 7.00. The fourth-order valence-corrected chi connectivity index (χ4v) is 3.09. The predicted octanol–water partition coefficient (Wildman–Crippen LogP) is 3.51. The number of nitrogens with one attached hydrogen (secondary N) is 1. The molecule has 1 rings (SSSR count). The van der Waals surface area contributed by atoms with Crippen molar-refractivity contribution in [3.63, 3.8) is 0 Å². The van der Waals surface area contributed by atoms with Crippen LogP contribution in [-0.4, -0.2) is 27.0 Å². The van der Waals surface area contributed by atoms with Crippen LogP contribution in [0.1, 0.15) is 43.4 Å². The maximum absolute atomic E-state index is 11.2. The van der Waals surface area contributed by atoms with Crippen molar-refractivity contribution in [3.05, 3.63) is 34.3 Å². The minimum Gasteiger partial charge on any atom is -0.310 e. The lowest BCUT2D eigenvalue weighted by molar-refractivity contribution is 0.490. The minimum atomic E-state index is -2.89. The zero-order chi connectivity index (χ0) is 15.2. The predicted molar refractivity (Wildman–Crippen MR) is 86.2 cm³/mol. The zero-order valence-electron chi connectivity index (χ0n) is 12.4. The van der Waals surface area contributed by atoms with Gasteiger partial charge >= 0.3 is 0 Å². The van der Waals surface area contributed by atoms with E-state index >= 15 is 0 Å². The van der Waals surface area contributed by atoms with Gasteiger partial charge in [0.1, 0.15) is 9.84 Å². The summed E-state index contributed by atoms with van der Waals surface area (Å²) in [5.41, 5.74) is 2.35. The van der Waals surface area contributed by atoms with Crippen LogP contribution in [-0.2, 0) is 9.84 Å². The molecular weight excluding hydrogens is 294 g/mol. The maximum atomic E-state index is 11.2. The third-order valence-electron chi connectivity index (χ3n) is 3.27. The van der Waals surface area contributed by atoms with Crippen LogP contribution < -0.4 is 5.32 Å². The van der Waals surface area contributed by atoms with Crippen molar-refractivity contribution in [2.45, 2.75) is 39.2 Å². The van der Waals surface area contributed by atoms with Crippen molar-refractivity contribution in [1.82, 2.24) is 5.32 Å². The molecule has 0 aliphatic carbocycles. The van der Waals surface area contributed by atoms with E-state index in [2.05, 4.69) is 19.2 Å². The van der Waals surface area contributed by atoms with Crippen molar-refractivity contribution in [2.24, 2.45) is 0 Å². The summed E-state index contributed by atoms with van der Waals surface area (Å²) in [5, 5.41) is 4.21. The van der Waals surface area contributed by atoms with Gasteiger partial charge in [0.05, 0.1) is 0 Å². The van der Waals surface area contributed by atoms with Gasteiger partial charge in [-0.25, -0.2) is 8.42 Å². The third kappa shape index (κ3) is 6.25. The zero-order valence-corrected chi connectivity index (χ0v) is 14.0. The molecule has 0 radical (unpaired) electrons. The van der Waals surface area contributed by atoms with Gasteiger partial charge in [-0.1, -0.05) is 24.6 Å².